The van der Waals surface area contributed by atoms with E-state index in [4.69, 9.17) is 18.9 Å². The molecule has 1 saturated carbocycles. The van der Waals surface area contributed by atoms with Crippen molar-refractivity contribution >= 4 is 35.2 Å². The summed E-state index contributed by atoms with van der Waals surface area (Å²) in [5.41, 5.74) is 0.991. The molecule has 12 heteroatoms. The molecule has 3 saturated heterocycles. The highest BCUT2D eigenvalue weighted by Gasteiger charge is 2.59. The molecule has 3 aromatic rings. The summed E-state index contributed by atoms with van der Waals surface area (Å²) in [4.78, 5) is 42.9. The van der Waals surface area contributed by atoms with Gasteiger partial charge in [-0.3, -0.25) is 14.1 Å². The molecule has 0 radical (unpaired) electrons. The van der Waals surface area contributed by atoms with Crippen molar-refractivity contribution in [1.29, 1.82) is 0 Å². The Hall–Kier alpha value is -4.13. The number of esters is 3. The van der Waals surface area contributed by atoms with E-state index in [1.807, 2.05) is 67.6 Å². The molecule has 2 bridgehead atoms. The van der Waals surface area contributed by atoms with Gasteiger partial charge in [0.15, 0.2) is 0 Å². The molecule has 5 aliphatic rings. The second-order valence-electron chi connectivity index (χ2n) is 17.7. The number of rotatable bonds is 16. The first-order valence-electron chi connectivity index (χ1n) is 21.8. The zero-order valence-corrected chi connectivity index (χ0v) is 35.2. The zero-order valence-electron chi connectivity index (χ0n) is 34.4. The van der Waals surface area contributed by atoms with Gasteiger partial charge in [0.1, 0.15) is 18.3 Å². The van der Waals surface area contributed by atoms with Crippen LogP contribution in [0.4, 0.5) is 0 Å². The summed E-state index contributed by atoms with van der Waals surface area (Å²) < 4.78 is 35.8. The fraction of sp³-hybridized carbons (Fsp3) is 0.587. The molecule has 11 nitrogen and oxygen atoms in total. The first-order valence-corrected chi connectivity index (χ1v) is 22.5. The third-order valence-corrected chi connectivity index (χ3v) is 14.6. The van der Waals surface area contributed by atoms with E-state index in [0.717, 1.165) is 61.6 Å². The lowest BCUT2D eigenvalue weighted by Gasteiger charge is -2.47. The molecule has 4 fully saturated rings. The number of nitrogens with zero attached hydrogens (tertiary/aromatic N) is 4. The van der Waals surface area contributed by atoms with Crippen LogP contribution in [0.15, 0.2) is 66.7 Å². The molecular weight excluding hydrogens is 753 g/mol. The van der Waals surface area contributed by atoms with Crippen molar-refractivity contribution in [3.63, 3.8) is 0 Å². The van der Waals surface area contributed by atoms with Gasteiger partial charge in [-0.05, 0) is 12.8 Å². The van der Waals surface area contributed by atoms with Gasteiger partial charge in [-0.25, -0.2) is 4.79 Å². The topological polar surface area (TPSA) is 114 Å². The van der Waals surface area contributed by atoms with Gasteiger partial charge in [-0.15, -0.1) is 4.37 Å². The summed E-state index contributed by atoms with van der Waals surface area (Å²) >= 11 is 1.15. The van der Waals surface area contributed by atoms with Crippen LogP contribution in [0.5, 0.6) is 5.88 Å². The van der Waals surface area contributed by atoms with Gasteiger partial charge in [0.05, 0.1) is 68.9 Å². The van der Waals surface area contributed by atoms with Gasteiger partial charge in [0.2, 0.25) is 6.23 Å². The molecule has 58 heavy (non-hydrogen) atoms. The number of quaternary nitrogens is 2. The van der Waals surface area contributed by atoms with E-state index in [-0.39, 0.29) is 6.10 Å². The summed E-state index contributed by atoms with van der Waals surface area (Å²) in [6.07, 6.45) is 13.5. The molecule has 310 valence electrons. The molecule has 6 atom stereocenters. The van der Waals surface area contributed by atoms with Crippen LogP contribution in [0.1, 0.15) is 108 Å². The number of ether oxygens (including phenoxy) is 4. The molecule has 1 aromatic heterocycles. The van der Waals surface area contributed by atoms with Crippen LogP contribution >= 0.6 is 11.7 Å². The van der Waals surface area contributed by atoms with Crippen LogP contribution < -0.4 is 4.74 Å². The predicted octanol–water partition coefficient (Wildman–Crippen LogP) is 7.59. The largest absolute Gasteiger partial charge is 0.475 e. The minimum atomic E-state index is -1.84. The van der Waals surface area contributed by atoms with Crippen molar-refractivity contribution < 1.29 is 42.3 Å². The lowest BCUT2D eigenvalue weighted by Crippen LogP contribution is -2.60. The smallest absolute Gasteiger partial charge is 0.360 e. The Bertz CT molecular complexity index is 1890. The average molecular weight is 813 g/mol. The lowest BCUT2D eigenvalue weighted by atomic mass is 9.85. The van der Waals surface area contributed by atoms with Crippen LogP contribution in [0.3, 0.4) is 0 Å². The maximum Gasteiger partial charge on any atom is 0.360 e. The van der Waals surface area contributed by atoms with Crippen LogP contribution in [-0.2, 0) is 34.2 Å². The van der Waals surface area contributed by atoms with Gasteiger partial charge in [0.25, 0.3) is 11.5 Å². The van der Waals surface area contributed by atoms with Crippen molar-refractivity contribution in [3.8, 4) is 5.88 Å². The monoisotopic (exact) mass is 812 g/mol. The van der Waals surface area contributed by atoms with Crippen molar-refractivity contribution in [1.82, 2.24) is 8.75 Å². The summed E-state index contributed by atoms with van der Waals surface area (Å²) in [6, 6.07) is 19.4. The molecule has 4 unspecified atom stereocenters. The number of hydrogen-bond acceptors (Lipinski definition) is 10. The second-order valence-corrected chi connectivity index (χ2v) is 18.2. The standard InChI is InChI=1S/C46H60N4O7S/c1-4-5-6-15-27-54-42-41(47-58-48-42)33-17-16-24-49(3,31-33)32(2)55-43(51)39-30-40(39)44(52)57-46(34-18-9-7-10-19-34,35-20-11-8-12-21-35)45(53)56-38-28-36-22-23-37(29-38)50(36)25-13-14-26-50/h7-12,17-21,32,36-40H,4-6,13-16,22-31H2,1-3H3/q+2/t32?,36?,37?,38?,39-,40-,49?/m1/s1. The maximum absolute atomic E-state index is 14.8. The average Bonchev–Trinajstić information content (AvgIpc) is 3.59. The Balaban J connectivity index is 0.943. The molecule has 0 N–H and O–H groups in total. The first kappa shape index (κ1) is 40.6. The van der Waals surface area contributed by atoms with Crippen molar-refractivity contribution in [2.75, 3.05) is 39.8 Å². The fourth-order valence-electron chi connectivity index (χ4n) is 10.5. The normalized spacial score (nSPS) is 27.7. The highest BCUT2D eigenvalue weighted by atomic mass is 32.1. The van der Waals surface area contributed by atoms with E-state index >= 15 is 0 Å². The van der Waals surface area contributed by atoms with E-state index in [9.17, 15) is 14.4 Å². The molecule has 2 aromatic carbocycles. The van der Waals surface area contributed by atoms with Crippen molar-refractivity contribution in [2.24, 2.45) is 11.8 Å². The Morgan fingerprint density at radius 3 is 2.16 bits per heavy atom. The molecule has 4 aliphatic heterocycles. The van der Waals surface area contributed by atoms with E-state index in [1.165, 1.54) is 56.1 Å². The van der Waals surface area contributed by atoms with Gasteiger partial charge < -0.3 is 23.4 Å². The van der Waals surface area contributed by atoms with Crippen LogP contribution in [-0.4, -0.2) is 99.9 Å². The summed E-state index contributed by atoms with van der Waals surface area (Å²) in [6.45, 7) is 8.55. The number of likely N-dealkylation sites (N-methyl/N-ethyl adjacent to an activating group) is 1. The summed E-state index contributed by atoms with van der Waals surface area (Å²) in [5.74, 6) is -2.45. The van der Waals surface area contributed by atoms with Crippen molar-refractivity contribution in [3.05, 3.63) is 83.6 Å². The quantitative estimate of drug-likeness (QED) is 0.0625. The number of aromatic nitrogens is 2. The Kier molecular flexibility index (Phi) is 12.1. The Morgan fingerprint density at radius 2 is 1.50 bits per heavy atom. The van der Waals surface area contributed by atoms with Gasteiger partial charge >= 0.3 is 17.9 Å². The zero-order chi connectivity index (χ0) is 40.3. The van der Waals surface area contributed by atoms with Gasteiger partial charge in [-0.1, -0.05) is 92.9 Å². The number of hydrogen-bond donors (Lipinski definition) is 0. The fourth-order valence-corrected chi connectivity index (χ4v) is 11.0. The molecule has 1 spiro atoms. The van der Waals surface area contributed by atoms with Crippen LogP contribution in [0.2, 0.25) is 0 Å². The molecule has 1 aliphatic carbocycles. The highest BCUT2D eigenvalue weighted by molar-refractivity contribution is 6.99. The number of piperidine rings is 1. The third kappa shape index (κ3) is 7.96. The van der Waals surface area contributed by atoms with Gasteiger partial charge in [-0.2, -0.15) is 4.37 Å². The lowest BCUT2D eigenvalue weighted by molar-refractivity contribution is -0.956. The SMILES string of the molecule is CCCCCCOc1nsnc1C1=CCC[N+](C)(C(C)OC(=O)[C@@H]2C[C@H]2C(=O)OC(C(=O)OC2CC3CCC(C2)[N+]32CCCC2)(c2ccccc2)c2ccccc2)C1. The second kappa shape index (κ2) is 17.2. The number of carbonyl (C=O) groups excluding carboxylic acids is 3. The summed E-state index contributed by atoms with van der Waals surface area (Å²) in [5, 5.41) is 0. The minimum Gasteiger partial charge on any atom is -0.475 e. The molecule has 5 heterocycles. The van der Waals surface area contributed by atoms with Gasteiger partial charge in [0, 0.05) is 68.6 Å². The van der Waals surface area contributed by atoms with E-state index in [2.05, 4.69) is 28.8 Å². The molecule has 0 amide bonds. The Labute approximate surface area is 347 Å². The van der Waals surface area contributed by atoms with E-state index in [1.54, 1.807) is 0 Å². The van der Waals surface area contributed by atoms with E-state index < -0.39 is 41.6 Å². The number of benzene rings is 2. The number of unbranched alkanes of at least 4 members (excludes halogenated alkanes) is 3. The Morgan fingerprint density at radius 1 is 0.845 bits per heavy atom. The van der Waals surface area contributed by atoms with E-state index in [0.29, 0.717) is 53.1 Å². The predicted molar refractivity (Wildman–Crippen MR) is 220 cm³/mol. The maximum atomic E-state index is 14.8. The minimum absolute atomic E-state index is 0.249. The first-order chi connectivity index (χ1) is 28.2. The van der Waals surface area contributed by atoms with Crippen LogP contribution in [0.25, 0.3) is 5.57 Å². The highest BCUT2D eigenvalue weighted by Crippen LogP contribution is 2.48. The molecular formula is C46H60N4O7S+2. The van der Waals surface area contributed by atoms with Crippen LogP contribution in [0, 0.1) is 11.8 Å². The molecule has 8 rings (SSSR count). The summed E-state index contributed by atoms with van der Waals surface area (Å²) in [7, 11) is 2.08. The number of carbonyl (C=O) groups is 3. The van der Waals surface area contributed by atoms with Crippen molar-refractivity contribution in [2.45, 2.75) is 121 Å². The third-order valence-electron chi connectivity index (χ3n) is 14.1.